The molecule has 26 heavy (non-hydrogen) atoms. The van der Waals surface area contributed by atoms with E-state index >= 15 is 0 Å². The van der Waals surface area contributed by atoms with Gasteiger partial charge in [-0.25, -0.2) is 4.79 Å². The highest BCUT2D eigenvalue weighted by Gasteiger charge is 2.12. The Hall–Kier alpha value is -3.35. The summed E-state index contributed by atoms with van der Waals surface area (Å²) in [6.07, 6.45) is 0. The Morgan fingerprint density at radius 3 is 2.50 bits per heavy atom. The van der Waals surface area contributed by atoms with Crippen LogP contribution in [0.2, 0.25) is 0 Å². The predicted octanol–water partition coefficient (Wildman–Crippen LogP) is 2.84. The van der Waals surface area contributed by atoms with Gasteiger partial charge in [0.2, 0.25) is 5.91 Å². The van der Waals surface area contributed by atoms with Crippen molar-refractivity contribution in [3.63, 3.8) is 0 Å². The lowest BCUT2D eigenvalue weighted by Crippen LogP contribution is -2.21. The standard InChI is InChI=1S/C19H20N2O5/c1-3-25-17-10-5-4-9-16(17)21-18(23)12-26-19(24)14-7-6-8-15(11-14)20-13(2)22/h4-11H,3,12H2,1-2H3,(H,20,22)(H,21,23). The molecule has 0 heterocycles. The maximum atomic E-state index is 12.1. The van der Waals surface area contributed by atoms with Gasteiger partial charge in [0.15, 0.2) is 6.61 Å². The molecule has 2 N–H and O–H groups in total. The van der Waals surface area contributed by atoms with Crippen LogP contribution in [-0.2, 0) is 14.3 Å². The third kappa shape index (κ3) is 5.62. The molecule has 0 unspecified atom stereocenters. The smallest absolute Gasteiger partial charge is 0.338 e. The summed E-state index contributed by atoms with van der Waals surface area (Å²) < 4.78 is 10.4. The second-order valence-corrected chi connectivity index (χ2v) is 5.32. The van der Waals surface area contributed by atoms with E-state index in [1.807, 2.05) is 6.92 Å². The highest BCUT2D eigenvalue weighted by atomic mass is 16.5. The predicted molar refractivity (Wildman–Crippen MR) is 97.3 cm³/mol. The first kappa shape index (κ1) is 19.0. The summed E-state index contributed by atoms with van der Waals surface area (Å²) in [5.74, 6) is -0.852. The summed E-state index contributed by atoms with van der Waals surface area (Å²) in [5, 5.41) is 5.22. The van der Waals surface area contributed by atoms with Crippen molar-refractivity contribution in [1.82, 2.24) is 0 Å². The Morgan fingerprint density at radius 2 is 1.77 bits per heavy atom. The van der Waals surface area contributed by atoms with Crippen molar-refractivity contribution in [2.24, 2.45) is 0 Å². The van der Waals surface area contributed by atoms with Crippen molar-refractivity contribution in [2.75, 3.05) is 23.8 Å². The highest BCUT2D eigenvalue weighted by Crippen LogP contribution is 2.23. The molecule has 0 aliphatic rings. The summed E-state index contributed by atoms with van der Waals surface area (Å²) in [7, 11) is 0. The molecule has 136 valence electrons. The molecule has 0 radical (unpaired) electrons. The summed E-state index contributed by atoms with van der Waals surface area (Å²) in [4.78, 5) is 35.2. The number of anilines is 2. The van der Waals surface area contributed by atoms with Crippen LogP contribution in [-0.4, -0.2) is 31.0 Å². The number of amides is 2. The summed E-state index contributed by atoms with van der Waals surface area (Å²) in [5.41, 5.74) is 1.21. The number of rotatable bonds is 7. The minimum absolute atomic E-state index is 0.235. The van der Waals surface area contributed by atoms with Gasteiger partial charge in [-0.15, -0.1) is 0 Å². The van der Waals surface area contributed by atoms with Gasteiger partial charge in [0.05, 0.1) is 17.9 Å². The van der Waals surface area contributed by atoms with Crippen LogP contribution in [0.3, 0.4) is 0 Å². The number of benzene rings is 2. The molecule has 0 atom stereocenters. The van der Waals surface area contributed by atoms with Gasteiger partial charge in [-0.3, -0.25) is 9.59 Å². The fraction of sp³-hybridized carbons (Fsp3) is 0.211. The van der Waals surface area contributed by atoms with Gasteiger partial charge >= 0.3 is 5.97 Å². The van der Waals surface area contributed by atoms with E-state index in [9.17, 15) is 14.4 Å². The molecular weight excluding hydrogens is 336 g/mol. The number of carbonyl (C=O) groups is 3. The van der Waals surface area contributed by atoms with E-state index in [4.69, 9.17) is 9.47 Å². The van der Waals surface area contributed by atoms with Gasteiger partial charge in [0, 0.05) is 12.6 Å². The van der Waals surface area contributed by atoms with Crippen molar-refractivity contribution in [2.45, 2.75) is 13.8 Å². The van der Waals surface area contributed by atoms with E-state index < -0.39 is 18.5 Å². The zero-order chi connectivity index (χ0) is 18.9. The zero-order valence-electron chi connectivity index (χ0n) is 14.6. The Kier molecular flexibility index (Phi) is 6.73. The number of carbonyl (C=O) groups excluding carboxylic acids is 3. The molecule has 0 aliphatic heterocycles. The topological polar surface area (TPSA) is 93.7 Å². The average Bonchev–Trinajstić information content (AvgIpc) is 2.61. The van der Waals surface area contributed by atoms with Crippen LogP contribution < -0.4 is 15.4 Å². The van der Waals surface area contributed by atoms with Crippen molar-refractivity contribution in [3.05, 3.63) is 54.1 Å². The molecule has 7 nitrogen and oxygen atoms in total. The van der Waals surface area contributed by atoms with E-state index in [0.717, 1.165) is 0 Å². The number of ether oxygens (including phenoxy) is 2. The molecule has 0 saturated carbocycles. The van der Waals surface area contributed by atoms with Crippen LogP contribution in [0, 0.1) is 0 Å². The first-order valence-electron chi connectivity index (χ1n) is 8.06. The summed E-state index contributed by atoms with van der Waals surface area (Å²) >= 11 is 0. The molecule has 0 fully saturated rings. The van der Waals surface area contributed by atoms with E-state index in [1.54, 1.807) is 36.4 Å². The summed E-state index contributed by atoms with van der Waals surface area (Å²) in [6.45, 7) is 3.24. The number of esters is 1. The maximum absolute atomic E-state index is 12.1. The largest absolute Gasteiger partial charge is 0.492 e. The summed E-state index contributed by atoms with van der Waals surface area (Å²) in [6, 6.07) is 13.3. The van der Waals surface area contributed by atoms with Gasteiger partial charge < -0.3 is 20.1 Å². The SMILES string of the molecule is CCOc1ccccc1NC(=O)COC(=O)c1cccc(NC(C)=O)c1. The maximum Gasteiger partial charge on any atom is 0.338 e. The molecule has 0 bridgehead atoms. The third-order valence-corrected chi connectivity index (χ3v) is 3.21. The van der Waals surface area contributed by atoms with E-state index in [0.29, 0.717) is 23.7 Å². The number of nitrogens with one attached hydrogen (secondary N) is 2. The molecule has 7 heteroatoms. The highest BCUT2D eigenvalue weighted by molar-refractivity contribution is 5.97. The zero-order valence-corrected chi connectivity index (χ0v) is 14.6. The quantitative estimate of drug-likeness (QED) is 0.744. The lowest BCUT2D eigenvalue weighted by Gasteiger charge is -2.11. The van der Waals surface area contributed by atoms with E-state index in [1.165, 1.54) is 19.1 Å². The van der Waals surface area contributed by atoms with E-state index in [2.05, 4.69) is 10.6 Å². The second-order valence-electron chi connectivity index (χ2n) is 5.32. The Balaban J connectivity index is 1.93. The fourth-order valence-electron chi connectivity index (χ4n) is 2.18. The molecule has 2 amide bonds. The van der Waals surface area contributed by atoms with Crippen molar-refractivity contribution in [3.8, 4) is 5.75 Å². The normalized spacial score (nSPS) is 9.92. The van der Waals surface area contributed by atoms with Crippen LogP contribution in [0.5, 0.6) is 5.75 Å². The first-order chi connectivity index (χ1) is 12.5. The van der Waals surface area contributed by atoms with Crippen LogP contribution in [0.25, 0.3) is 0 Å². The van der Waals surface area contributed by atoms with Gasteiger partial charge in [-0.1, -0.05) is 18.2 Å². The Bertz CT molecular complexity index is 804. The molecule has 2 aromatic carbocycles. The van der Waals surface area contributed by atoms with Crippen molar-refractivity contribution < 1.29 is 23.9 Å². The van der Waals surface area contributed by atoms with Crippen molar-refractivity contribution in [1.29, 1.82) is 0 Å². The first-order valence-corrected chi connectivity index (χ1v) is 8.06. The molecule has 0 saturated heterocycles. The molecule has 0 spiro atoms. The van der Waals surface area contributed by atoms with Crippen LogP contribution in [0.15, 0.2) is 48.5 Å². The minimum atomic E-state index is -0.662. The number of para-hydroxylation sites is 2. The Morgan fingerprint density at radius 1 is 1.00 bits per heavy atom. The number of hydrogen-bond acceptors (Lipinski definition) is 5. The monoisotopic (exact) mass is 356 g/mol. The number of hydrogen-bond donors (Lipinski definition) is 2. The third-order valence-electron chi connectivity index (χ3n) is 3.21. The van der Waals surface area contributed by atoms with E-state index in [-0.39, 0.29) is 11.5 Å². The Labute approximate surface area is 151 Å². The van der Waals surface area contributed by atoms with Crippen LogP contribution in [0.1, 0.15) is 24.2 Å². The van der Waals surface area contributed by atoms with Gasteiger partial charge in [0.25, 0.3) is 5.91 Å². The molecular formula is C19H20N2O5. The molecule has 0 aromatic heterocycles. The molecule has 2 rings (SSSR count). The second kappa shape index (κ2) is 9.22. The molecule has 2 aromatic rings. The molecule has 0 aliphatic carbocycles. The van der Waals surface area contributed by atoms with Crippen molar-refractivity contribution >= 4 is 29.2 Å². The van der Waals surface area contributed by atoms with Gasteiger partial charge in [-0.2, -0.15) is 0 Å². The lowest BCUT2D eigenvalue weighted by molar-refractivity contribution is -0.119. The fourth-order valence-corrected chi connectivity index (χ4v) is 2.18. The average molecular weight is 356 g/mol. The van der Waals surface area contributed by atoms with Crippen LogP contribution >= 0.6 is 0 Å². The van der Waals surface area contributed by atoms with Gasteiger partial charge in [0.1, 0.15) is 5.75 Å². The van der Waals surface area contributed by atoms with Crippen LogP contribution in [0.4, 0.5) is 11.4 Å². The minimum Gasteiger partial charge on any atom is -0.492 e. The lowest BCUT2D eigenvalue weighted by atomic mass is 10.2. The van der Waals surface area contributed by atoms with Gasteiger partial charge in [-0.05, 0) is 37.3 Å².